The van der Waals surface area contributed by atoms with Gasteiger partial charge in [-0.15, -0.1) is 0 Å². The molecule has 0 radical (unpaired) electrons. The molecule has 0 heterocycles. The standard InChI is InChI=1S/C73H142O17P2/c1-8-10-11-12-13-14-15-16-17-21-24-27-32-40-47-54-70(75)83-60-68(89-72(77)56-49-42-33-28-25-22-19-18-20-23-26-31-39-46-53-66(7)9-2)62-87-91(79,80)85-58-67(74)59-86-92(81,82)88-63-69(61-84-71(76)55-48-41-36-35-38-45-52-65(5)6)90-73(78)57-50-43-34-29-30-37-44-51-64(3)4/h64-69,74H,8-63H2,1-7H3,(H,79,80)(H,81,82)/t66?,67-,68-,69-/m1/s1. The summed E-state index contributed by atoms with van der Waals surface area (Å²) in [5, 5.41) is 10.6. The fraction of sp³-hybridized carbons (Fsp3) is 0.945. The van der Waals surface area contributed by atoms with Crippen LogP contribution in [0.1, 0.15) is 370 Å². The summed E-state index contributed by atoms with van der Waals surface area (Å²) in [6.07, 6.45) is 48.8. The summed E-state index contributed by atoms with van der Waals surface area (Å²) in [5.74, 6) is 0.0953. The van der Waals surface area contributed by atoms with Crippen molar-refractivity contribution in [2.75, 3.05) is 39.6 Å². The third kappa shape index (κ3) is 65.4. The molecular formula is C73H142O17P2. The maximum absolute atomic E-state index is 13.1. The highest BCUT2D eigenvalue weighted by Gasteiger charge is 2.30. The Morgan fingerprint density at radius 3 is 0.826 bits per heavy atom. The van der Waals surface area contributed by atoms with Crippen molar-refractivity contribution < 1.29 is 80.2 Å². The highest BCUT2D eigenvalue weighted by Crippen LogP contribution is 2.45. The molecule has 0 rings (SSSR count). The molecule has 92 heavy (non-hydrogen) atoms. The van der Waals surface area contributed by atoms with Crippen LogP contribution >= 0.6 is 15.6 Å². The molecular weight excluding hydrogens is 1210 g/mol. The van der Waals surface area contributed by atoms with Crippen molar-refractivity contribution in [2.24, 2.45) is 17.8 Å². The summed E-state index contributed by atoms with van der Waals surface area (Å²) >= 11 is 0. The van der Waals surface area contributed by atoms with Crippen molar-refractivity contribution in [2.45, 2.75) is 388 Å². The lowest BCUT2D eigenvalue weighted by atomic mass is 9.99. The van der Waals surface area contributed by atoms with Crippen LogP contribution in [0.4, 0.5) is 0 Å². The minimum atomic E-state index is -4.96. The molecule has 0 aromatic rings. The first-order valence-electron chi connectivity index (χ1n) is 37.9. The molecule has 0 spiro atoms. The number of phosphoric ester groups is 2. The summed E-state index contributed by atoms with van der Waals surface area (Å²) in [5.41, 5.74) is 0. The Morgan fingerprint density at radius 1 is 0.315 bits per heavy atom. The highest BCUT2D eigenvalue weighted by molar-refractivity contribution is 7.47. The molecule has 0 aromatic heterocycles. The molecule has 0 aliphatic heterocycles. The van der Waals surface area contributed by atoms with E-state index in [1.54, 1.807) is 0 Å². The molecule has 546 valence electrons. The van der Waals surface area contributed by atoms with Gasteiger partial charge in [0.05, 0.1) is 26.4 Å². The van der Waals surface area contributed by atoms with E-state index in [4.69, 9.17) is 37.0 Å². The second kappa shape index (κ2) is 63.8. The van der Waals surface area contributed by atoms with Crippen LogP contribution in [-0.2, 0) is 65.4 Å². The molecule has 19 heteroatoms. The topological polar surface area (TPSA) is 237 Å². The van der Waals surface area contributed by atoms with E-state index >= 15 is 0 Å². The largest absolute Gasteiger partial charge is 0.472 e. The molecule has 0 fully saturated rings. The maximum atomic E-state index is 13.1. The van der Waals surface area contributed by atoms with Gasteiger partial charge in [-0.1, -0.05) is 318 Å². The third-order valence-corrected chi connectivity index (χ3v) is 19.1. The summed E-state index contributed by atoms with van der Waals surface area (Å²) in [4.78, 5) is 72.6. The number of hydrogen-bond acceptors (Lipinski definition) is 15. The smallest absolute Gasteiger partial charge is 0.462 e. The number of unbranched alkanes of at least 4 members (excludes halogenated alkanes) is 38. The van der Waals surface area contributed by atoms with E-state index in [0.29, 0.717) is 37.5 Å². The van der Waals surface area contributed by atoms with Gasteiger partial charge in [-0.25, -0.2) is 9.13 Å². The fourth-order valence-electron chi connectivity index (χ4n) is 11.0. The average molecular weight is 1350 g/mol. The van der Waals surface area contributed by atoms with Gasteiger partial charge in [-0.2, -0.15) is 0 Å². The maximum Gasteiger partial charge on any atom is 0.472 e. The zero-order valence-electron chi connectivity index (χ0n) is 60.0. The SMILES string of the molecule is CCCCCCCCCCCCCCCCCC(=O)OC[C@H](COP(=O)(O)OC[C@@H](O)COP(=O)(O)OC[C@@H](COC(=O)CCCCCCCCC(C)C)OC(=O)CCCCCCCCCC(C)C)OC(=O)CCCCCCCCCCCCCCCCC(C)CC. The average Bonchev–Trinajstić information content (AvgIpc) is 1.87. The molecule has 3 N–H and O–H groups in total. The van der Waals surface area contributed by atoms with E-state index in [9.17, 15) is 43.2 Å². The Balaban J connectivity index is 5.22. The molecule has 0 aliphatic rings. The van der Waals surface area contributed by atoms with Gasteiger partial charge >= 0.3 is 39.5 Å². The quantitative estimate of drug-likeness (QED) is 0.0222. The fourth-order valence-corrected chi connectivity index (χ4v) is 12.6. The van der Waals surface area contributed by atoms with Crippen LogP contribution in [0, 0.1) is 17.8 Å². The van der Waals surface area contributed by atoms with Crippen molar-refractivity contribution in [1.29, 1.82) is 0 Å². The van der Waals surface area contributed by atoms with Gasteiger partial charge in [0.15, 0.2) is 12.2 Å². The predicted octanol–water partition coefficient (Wildman–Crippen LogP) is 21.0. The van der Waals surface area contributed by atoms with E-state index in [2.05, 4.69) is 48.5 Å². The molecule has 0 aliphatic carbocycles. The summed E-state index contributed by atoms with van der Waals surface area (Å²) < 4.78 is 68.3. The number of phosphoric acid groups is 2. The number of rotatable bonds is 71. The van der Waals surface area contributed by atoms with Crippen LogP contribution in [0.3, 0.4) is 0 Å². The Hall–Kier alpha value is -1.94. The molecule has 17 nitrogen and oxygen atoms in total. The molecule has 0 amide bonds. The number of carbonyl (C=O) groups is 4. The Kier molecular flexibility index (Phi) is 62.4. The van der Waals surface area contributed by atoms with Crippen molar-refractivity contribution >= 4 is 39.5 Å². The van der Waals surface area contributed by atoms with Crippen molar-refractivity contribution in [3.63, 3.8) is 0 Å². The molecule has 0 bridgehead atoms. The zero-order valence-corrected chi connectivity index (χ0v) is 61.8. The van der Waals surface area contributed by atoms with E-state index in [1.165, 1.54) is 173 Å². The number of aliphatic hydroxyl groups is 1. The van der Waals surface area contributed by atoms with Crippen molar-refractivity contribution in [3.8, 4) is 0 Å². The van der Waals surface area contributed by atoms with Crippen LogP contribution in [-0.4, -0.2) is 96.7 Å². The third-order valence-electron chi connectivity index (χ3n) is 17.2. The normalized spacial score (nSPS) is 14.4. The lowest BCUT2D eigenvalue weighted by Crippen LogP contribution is -2.30. The van der Waals surface area contributed by atoms with Crippen LogP contribution < -0.4 is 0 Å². The van der Waals surface area contributed by atoms with Crippen molar-refractivity contribution in [1.82, 2.24) is 0 Å². The van der Waals surface area contributed by atoms with Crippen LogP contribution in [0.2, 0.25) is 0 Å². The van der Waals surface area contributed by atoms with Crippen LogP contribution in [0.25, 0.3) is 0 Å². The zero-order chi connectivity index (χ0) is 68.0. The second-order valence-corrected chi connectivity index (χ2v) is 30.4. The van der Waals surface area contributed by atoms with Gasteiger partial charge in [0.25, 0.3) is 0 Å². The summed E-state index contributed by atoms with van der Waals surface area (Å²) in [6, 6.07) is 0. The highest BCUT2D eigenvalue weighted by atomic mass is 31.2. The summed E-state index contributed by atoms with van der Waals surface area (Å²) in [6.45, 7) is 11.8. The Labute approximate surface area is 562 Å². The lowest BCUT2D eigenvalue weighted by Gasteiger charge is -2.21. The van der Waals surface area contributed by atoms with Crippen molar-refractivity contribution in [3.05, 3.63) is 0 Å². The minimum Gasteiger partial charge on any atom is -0.462 e. The number of ether oxygens (including phenoxy) is 4. The minimum absolute atomic E-state index is 0.102. The molecule has 0 saturated heterocycles. The lowest BCUT2D eigenvalue weighted by molar-refractivity contribution is -0.161. The first-order valence-corrected chi connectivity index (χ1v) is 40.9. The second-order valence-electron chi connectivity index (χ2n) is 27.5. The van der Waals surface area contributed by atoms with E-state index in [1.807, 2.05) is 0 Å². The van der Waals surface area contributed by atoms with Gasteiger partial charge in [-0.3, -0.25) is 37.3 Å². The van der Waals surface area contributed by atoms with Crippen LogP contribution in [0.5, 0.6) is 0 Å². The molecule has 3 unspecified atom stereocenters. The van der Waals surface area contributed by atoms with Gasteiger partial charge in [0.1, 0.15) is 19.3 Å². The number of aliphatic hydroxyl groups excluding tert-OH is 1. The predicted molar refractivity (Wildman–Crippen MR) is 372 cm³/mol. The first-order chi connectivity index (χ1) is 44.3. The number of esters is 4. The molecule has 6 atom stereocenters. The molecule has 0 aromatic carbocycles. The van der Waals surface area contributed by atoms with Gasteiger partial charge in [0.2, 0.25) is 0 Å². The number of hydrogen-bond donors (Lipinski definition) is 3. The monoisotopic (exact) mass is 1350 g/mol. The van der Waals surface area contributed by atoms with Gasteiger partial charge in [-0.05, 0) is 43.4 Å². The van der Waals surface area contributed by atoms with Crippen LogP contribution in [0.15, 0.2) is 0 Å². The molecule has 0 saturated carbocycles. The Bertz CT molecular complexity index is 1800. The van der Waals surface area contributed by atoms with Gasteiger partial charge in [0, 0.05) is 25.7 Å². The van der Waals surface area contributed by atoms with E-state index in [0.717, 1.165) is 102 Å². The first kappa shape index (κ1) is 90.1. The van der Waals surface area contributed by atoms with Gasteiger partial charge < -0.3 is 33.8 Å². The van der Waals surface area contributed by atoms with E-state index in [-0.39, 0.29) is 25.7 Å². The van der Waals surface area contributed by atoms with E-state index < -0.39 is 97.5 Å². The number of carbonyl (C=O) groups excluding carboxylic acids is 4. The Morgan fingerprint density at radius 2 is 0.554 bits per heavy atom. The summed E-state index contributed by atoms with van der Waals surface area (Å²) in [7, 11) is -9.90.